The molecule has 6 heteroatoms. The lowest BCUT2D eigenvalue weighted by molar-refractivity contribution is 0.0954. The number of amides is 1. The van der Waals surface area contributed by atoms with E-state index in [0.717, 1.165) is 0 Å². The first-order valence-corrected chi connectivity index (χ1v) is 6.26. The van der Waals surface area contributed by atoms with E-state index in [0.29, 0.717) is 22.8 Å². The summed E-state index contributed by atoms with van der Waals surface area (Å²) >= 11 is 0. The molecule has 0 radical (unpaired) electrons. The monoisotopic (exact) mass is 284 g/mol. The van der Waals surface area contributed by atoms with E-state index >= 15 is 0 Å². The highest BCUT2D eigenvalue weighted by Crippen LogP contribution is 2.32. The number of hydrazone groups is 1. The van der Waals surface area contributed by atoms with Crippen LogP contribution in [0.1, 0.15) is 16.1 Å². The second-order valence-corrected chi connectivity index (χ2v) is 4.16. The van der Waals surface area contributed by atoms with Crippen LogP contribution in [-0.2, 0) is 0 Å². The highest BCUT2D eigenvalue weighted by atomic mass is 16.7. The van der Waals surface area contributed by atoms with Gasteiger partial charge >= 0.3 is 0 Å². The van der Waals surface area contributed by atoms with Crippen molar-refractivity contribution in [2.45, 2.75) is 0 Å². The zero-order valence-corrected chi connectivity index (χ0v) is 11.0. The summed E-state index contributed by atoms with van der Waals surface area (Å²) in [6.07, 6.45) is 6.45. The maximum absolute atomic E-state index is 11.9. The molecule has 1 amide bonds. The van der Waals surface area contributed by atoms with Crippen molar-refractivity contribution in [3.05, 3.63) is 54.0 Å². The fourth-order valence-corrected chi connectivity index (χ4v) is 1.77. The molecule has 0 saturated heterocycles. The van der Waals surface area contributed by atoms with Crippen LogP contribution in [-0.4, -0.2) is 18.9 Å². The van der Waals surface area contributed by atoms with Gasteiger partial charge < -0.3 is 13.9 Å². The van der Waals surface area contributed by atoms with Crippen LogP contribution >= 0.6 is 0 Å². The summed E-state index contributed by atoms with van der Waals surface area (Å²) in [5, 5.41) is 3.82. The van der Waals surface area contributed by atoms with Crippen LogP contribution in [0.5, 0.6) is 11.5 Å². The number of fused-ring (bicyclic) bond motifs is 1. The van der Waals surface area contributed by atoms with Crippen molar-refractivity contribution in [2.75, 3.05) is 6.79 Å². The standard InChI is InChI=1S/C15H12N2O4/c18-15(11-5-6-13-14(9-11)21-10-20-13)17-16-7-1-3-12-4-2-8-19-12/h1-9H,10H2,(H,17,18). The number of nitrogens with one attached hydrogen (secondary N) is 1. The molecule has 21 heavy (non-hydrogen) atoms. The number of carbonyl (C=O) groups excluding carboxylic acids is 1. The summed E-state index contributed by atoms with van der Waals surface area (Å²) < 4.78 is 15.5. The van der Waals surface area contributed by atoms with Crippen molar-refractivity contribution < 1.29 is 18.7 Å². The molecule has 0 unspecified atom stereocenters. The molecule has 1 N–H and O–H groups in total. The van der Waals surface area contributed by atoms with Crippen molar-refractivity contribution >= 4 is 18.2 Å². The maximum Gasteiger partial charge on any atom is 0.271 e. The van der Waals surface area contributed by atoms with Gasteiger partial charge in [-0.15, -0.1) is 0 Å². The predicted molar refractivity (Wildman–Crippen MR) is 76.3 cm³/mol. The second kappa shape index (κ2) is 5.96. The quantitative estimate of drug-likeness (QED) is 0.691. The van der Waals surface area contributed by atoms with Crippen LogP contribution in [0.2, 0.25) is 0 Å². The van der Waals surface area contributed by atoms with E-state index < -0.39 is 0 Å². The summed E-state index contributed by atoms with van der Waals surface area (Å²) in [6.45, 7) is 0.177. The SMILES string of the molecule is O=C(NN=CC=Cc1ccco1)c1ccc2c(c1)OCO2. The molecule has 0 aliphatic carbocycles. The summed E-state index contributed by atoms with van der Waals surface area (Å²) in [5.41, 5.74) is 2.87. The first-order valence-electron chi connectivity index (χ1n) is 6.26. The average Bonchev–Trinajstić information content (AvgIpc) is 3.17. The van der Waals surface area contributed by atoms with Gasteiger partial charge in [-0.3, -0.25) is 4.79 Å². The Morgan fingerprint density at radius 2 is 2.14 bits per heavy atom. The molecule has 0 bridgehead atoms. The number of ether oxygens (including phenoxy) is 2. The Morgan fingerprint density at radius 3 is 3.00 bits per heavy atom. The minimum absolute atomic E-state index is 0.177. The Balaban J connectivity index is 1.56. The van der Waals surface area contributed by atoms with Crippen molar-refractivity contribution in [1.29, 1.82) is 0 Å². The van der Waals surface area contributed by atoms with E-state index in [1.165, 1.54) is 6.21 Å². The molecule has 1 aromatic heterocycles. The van der Waals surface area contributed by atoms with Gasteiger partial charge in [0.25, 0.3) is 5.91 Å². The molecule has 106 valence electrons. The third kappa shape index (κ3) is 3.11. The fraction of sp³-hybridized carbons (Fsp3) is 0.0667. The summed E-state index contributed by atoms with van der Waals surface area (Å²) in [5.74, 6) is 1.58. The van der Waals surface area contributed by atoms with Crippen molar-refractivity contribution in [2.24, 2.45) is 5.10 Å². The average molecular weight is 284 g/mol. The molecule has 1 aliphatic rings. The lowest BCUT2D eigenvalue weighted by Crippen LogP contribution is -2.17. The molecule has 3 rings (SSSR count). The zero-order valence-electron chi connectivity index (χ0n) is 11.0. The van der Waals surface area contributed by atoms with Crippen LogP contribution in [0, 0.1) is 0 Å². The number of nitrogens with zero attached hydrogens (tertiary/aromatic N) is 1. The van der Waals surface area contributed by atoms with Gasteiger partial charge in [0.2, 0.25) is 6.79 Å². The third-order valence-corrected chi connectivity index (χ3v) is 2.77. The molecular formula is C15H12N2O4. The van der Waals surface area contributed by atoms with Crippen LogP contribution in [0.4, 0.5) is 0 Å². The Morgan fingerprint density at radius 1 is 1.24 bits per heavy atom. The van der Waals surface area contributed by atoms with Gasteiger partial charge in [0.1, 0.15) is 5.76 Å². The van der Waals surface area contributed by atoms with Crippen molar-refractivity contribution in [3.8, 4) is 11.5 Å². The summed E-state index contributed by atoms with van der Waals surface area (Å²) in [7, 11) is 0. The molecule has 6 nitrogen and oxygen atoms in total. The maximum atomic E-state index is 11.9. The molecule has 0 atom stereocenters. The number of hydrogen-bond donors (Lipinski definition) is 1. The second-order valence-electron chi connectivity index (χ2n) is 4.16. The molecular weight excluding hydrogens is 272 g/mol. The predicted octanol–water partition coefficient (Wildman–Crippen LogP) is 2.44. The van der Waals surface area contributed by atoms with Gasteiger partial charge in [-0.1, -0.05) is 0 Å². The number of rotatable bonds is 4. The molecule has 1 aromatic carbocycles. The number of allylic oxidation sites excluding steroid dienone is 1. The molecule has 1 aliphatic heterocycles. The van der Waals surface area contributed by atoms with Crippen LogP contribution in [0.3, 0.4) is 0 Å². The zero-order chi connectivity index (χ0) is 14.5. The third-order valence-electron chi connectivity index (χ3n) is 2.77. The Kier molecular flexibility index (Phi) is 3.68. The van der Waals surface area contributed by atoms with Gasteiger partial charge in [-0.25, -0.2) is 5.43 Å². The molecule has 0 spiro atoms. The van der Waals surface area contributed by atoms with Gasteiger partial charge in [0.15, 0.2) is 11.5 Å². The van der Waals surface area contributed by atoms with E-state index in [4.69, 9.17) is 13.9 Å². The smallest absolute Gasteiger partial charge is 0.271 e. The minimum Gasteiger partial charge on any atom is -0.465 e. The molecule has 2 aromatic rings. The van der Waals surface area contributed by atoms with Crippen LogP contribution in [0.15, 0.2) is 52.2 Å². The highest BCUT2D eigenvalue weighted by Gasteiger charge is 2.15. The number of hydrogen-bond acceptors (Lipinski definition) is 5. The van der Waals surface area contributed by atoms with Crippen LogP contribution in [0.25, 0.3) is 6.08 Å². The highest BCUT2D eigenvalue weighted by molar-refractivity contribution is 5.95. The molecule has 0 saturated carbocycles. The fourth-order valence-electron chi connectivity index (χ4n) is 1.77. The van der Waals surface area contributed by atoms with Crippen molar-refractivity contribution in [3.63, 3.8) is 0 Å². The summed E-state index contributed by atoms with van der Waals surface area (Å²) in [6, 6.07) is 8.56. The Labute approximate surface area is 120 Å². The van der Waals surface area contributed by atoms with Gasteiger partial charge in [-0.2, -0.15) is 5.10 Å². The largest absolute Gasteiger partial charge is 0.465 e. The Hall–Kier alpha value is -3.02. The summed E-state index contributed by atoms with van der Waals surface area (Å²) in [4.78, 5) is 11.9. The van der Waals surface area contributed by atoms with Gasteiger partial charge in [-0.05, 0) is 42.5 Å². The van der Waals surface area contributed by atoms with Gasteiger partial charge in [0.05, 0.1) is 6.26 Å². The van der Waals surface area contributed by atoms with Gasteiger partial charge in [0, 0.05) is 11.8 Å². The van der Waals surface area contributed by atoms with E-state index in [-0.39, 0.29) is 12.7 Å². The Bertz CT molecular complexity index is 690. The molecule has 2 heterocycles. The van der Waals surface area contributed by atoms with Crippen LogP contribution < -0.4 is 14.9 Å². The lowest BCUT2D eigenvalue weighted by atomic mass is 10.2. The van der Waals surface area contributed by atoms with Crippen molar-refractivity contribution in [1.82, 2.24) is 5.43 Å². The van der Waals surface area contributed by atoms with E-state index in [1.807, 2.05) is 6.07 Å². The topological polar surface area (TPSA) is 73.1 Å². The lowest BCUT2D eigenvalue weighted by Gasteiger charge is -2.01. The first-order chi connectivity index (χ1) is 10.3. The molecule has 0 fully saturated rings. The first kappa shape index (κ1) is 13.0. The van der Waals surface area contributed by atoms with E-state index in [2.05, 4.69) is 10.5 Å². The normalized spacial score (nSPS) is 13.1. The van der Waals surface area contributed by atoms with E-state index in [9.17, 15) is 4.79 Å². The number of benzene rings is 1. The van der Waals surface area contributed by atoms with E-state index in [1.54, 1.807) is 42.7 Å². The number of carbonyl (C=O) groups is 1. The number of furan rings is 1. The minimum atomic E-state index is -0.323.